The second-order valence-electron chi connectivity index (χ2n) is 9.23. The van der Waals surface area contributed by atoms with E-state index in [2.05, 4.69) is 5.32 Å². The summed E-state index contributed by atoms with van der Waals surface area (Å²) in [6.45, 7) is 1.74. The molecule has 2 fully saturated rings. The minimum atomic E-state index is -1.08. The van der Waals surface area contributed by atoms with Crippen LogP contribution in [-0.4, -0.2) is 64.2 Å². The van der Waals surface area contributed by atoms with E-state index in [9.17, 15) is 28.4 Å². The first-order valence-electron chi connectivity index (χ1n) is 12.3. The maximum atomic E-state index is 14.3. The van der Waals surface area contributed by atoms with Gasteiger partial charge in [0.1, 0.15) is 11.9 Å². The zero-order valence-corrected chi connectivity index (χ0v) is 20.5. The monoisotopic (exact) mass is 503 g/mol. The minimum Gasteiger partial charge on any atom is -0.343 e. The third-order valence-corrected chi connectivity index (χ3v) is 7.85. The molecule has 0 radical (unpaired) electrons. The van der Waals surface area contributed by atoms with E-state index in [1.165, 1.54) is 24.2 Å². The maximum absolute atomic E-state index is 14.3. The van der Waals surface area contributed by atoms with Crippen molar-refractivity contribution in [2.75, 3.05) is 18.8 Å². The topological polar surface area (TPSA) is 104 Å². The summed E-state index contributed by atoms with van der Waals surface area (Å²) < 4.78 is 14.3. The molecule has 1 aromatic rings. The number of unbranched alkanes of at least 4 members (excludes halogenated alkanes) is 3. The Hall–Kier alpha value is -2.75. The van der Waals surface area contributed by atoms with Gasteiger partial charge >= 0.3 is 0 Å². The van der Waals surface area contributed by atoms with Crippen LogP contribution in [0.5, 0.6) is 0 Å². The van der Waals surface area contributed by atoms with Crippen LogP contribution in [0.1, 0.15) is 84.9 Å². The number of hydrogen-bond donors (Lipinski definition) is 1. The highest BCUT2D eigenvalue weighted by atomic mass is 32.2. The number of piperidine rings is 2. The van der Waals surface area contributed by atoms with E-state index < -0.39 is 35.5 Å². The molecule has 1 N–H and O–H groups in total. The number of thioether (sulfide) groups is 1. The quantitative estimate of drug-likeness (QED) is 0.315. The predicted octanol–water partition coefficient (Wildman–Crippen LogP) is 3.28. The summed E-state index contributed by atoms with van der Waals surface area (Å²) in [4.78, 5) is 65.1. The fourth-order valence-electron chi connectivity index (χ4n) is 4.85. The van der Waals surface area contributed by atoms with Crippen LogP contribution in [0.3, 0.4) is 0 Å². The van der Waals surface area contributed by atoms with Gasteiger partial charge in [0.25, 0.3) is 11.8 Å². The minimum absolute atomic E-state index is 0.0312. The number of likely N-dealkylation sites (tertiary alicyclic amines) is 1. The van der Waals surface area contributed by atoms with Gasteiger partial charge in [-0.2, -0.15) is 0 Å². The van der Waals surface area contributed by atoms with Gasteiger partial charge in [0.2, 0.25) is 17.7 Å². The van der Waals surface area contributed by atoms with Crippen LogP contribution in [0.4, 0.5) is 4.39 Å². The average Bonchev–Trinajstić information content (AvgIpc) is 3.08. The van der Waals surface area contributed by atoms with Crippen molar-refractivity contribution in [3.05, 3.63) is 29.1 Å². The van der Waals surface area contributed by atoms with E-state index in [-0.39, 0.29) is 29.9 Å². The average molecular weight is 504 g/mol. The Bertz CT molecular complexity index is 1040. The molecule has 1 atom stereocenters. The molecule has 0 saturated carbocycles. The lowest BCUT2D eigenvalue weighted by Crippen LogP contribution is -2.54. The van der Waals surface area contributed by atoms with Crippen LogP contribution in [0.25, 0.3) is 0 Å². The summed E-state index contributed by atoms with van der Waals surface area (Å²) in [5, 5.41) is 2.16. The van der Waals surface area contributed by atoms with Gasteiger partial charge in [-0.05, 0) is 56.4 Å². The molecule has 2 saturated heterocycles. The first-order valence-corrected chi connectivity index (χ1v) is 13.3. The van der Waals surface area contributed by atoms with E-state index >= 15 is 0 Å². The van der Waals surface area contributed by atoms with Crippen molar-refractivity contribution in [3.8, 4) is 0 Å². The number of carbonyl (C=O) groups excluding carboxylic acids is 5. The first-order chi connectivity index (χ1) is 16.9. The number of hydrogen-bond acceptors (Lipinski definition) is 6. The van der Waals surface area contributed by atoms with Crippen LogP contribution in [0.2, 0.25) is 0 Å². The highest BCUT2D eigenvalue weighted by Gasteiger charge is 2.46. The summed E-state index contributed by atoms with van der Waals surface area (Å²) in [6.07, 6.45) is 7.52. The second kappa shape index (κ2) is 11.3. The van der Waals surface area contributed by atoms with Crippen molar-refractivity contribution in [1.29, 1.82) is 0 Å². The Morgan fingerprint density at radius 3 is 2.49 bits per heavy atom. The second-order valence-corrected chi connectivity index (χ2v) is 10.4. The number of nitrogens with one attached hydrogen (secondary N) is 1. The molecule has 0 spiro atoms. The number of carbonyl (C=O) groups is 5. The molecular weight excluding hydrogens is 473 g/mol. The highest BCUT2D eigenvalue weighted by molar-refractivity contribution is 7.99. The van der Waals surface area contributed by atoms with E-state index in [1.807, 2.05) is 4.90 Å². The largest absolute Gasteiger partial charge is 0.343 e. The molecule has 0 aliphatic carbocycles. The van der Waals surface area contributed by atoms with Crippen molar-refractivity contribution >= 4 is 41.3 Å². The van der Waals surface area contributed by atoms with Gasteiger partial charge in [-0.25, -0.2) is 4.39 Å². The summed E-state index contributed by atoms with van der Waals surface area (Å²) in [5.41, 5.74) is 0.0802. The molecule has 4 rings (SSSR count). The molecule has 0 aromatic heterocycles. The van der Waals surface area contributed by atoms with Crippen molar-refractivity contribution < 1.29 is 28.4 Å². The normalized spacial score (nSPS) is 20.3. The van der Waals surface area contributed by atoms with Gasteiger partial charge in [0.05, 0.1) is 11.1 Å². The van der Waals surface area contributed by atoms with Crippen molar-refractivity contribution in [2.45, 2.75) is 75.1 Å². The van der Waals surface area contributed by atoms with E-state index in [4.69, 9.17) is 0 Å². The summed E-state index contributed by atoms with van der Waals surface area (Å²) in [7, 11) is 0. The molecule has 3 aliphatic heterocycles. The summed E-state index contributed by atoms with van der Waals surface area (Å²) >= 11 is 1.31. The van der Waals surface area contributed by atoms with E-state index in [0.29, 0.717) is 17.1 Å². The smallest absolute Gasteiger partial charge is 0.263 e. The predicted molar refractivity (Wildman–Crippen MR) is 127 cm³/mol. The molecule has 1 unspecified atom stereocenters. The number of halogens is 1. The van der Waals surface area contributed by atoms with Crippen molar-refractivity contribution in [2.24, 2.45) is 0 Å². The molecule has 3 heterocycles. The van der Waals surface area contributed by atoms with Crippen LogP contribution >= 0.6 is 11.8 Å². The molecule has 0 bridgehead atoms. The Labute approximate surface area is 208 Å². The molecule has 3 aliphatic rings. The lowest BCUT2D eigenvalue weighted by Gasteiger charge is -2.27. The number of rotatable bonds is 9. The van der Waals surface area contributed by atoms with Gasteiger partial charge in [-0.1, -0.05) is 12.8 Å². The van der Waals surface area contributed by atoms with Gasteiger partial charge < -0.3 is 4.90 Å². The van der Waals surface area contributed by atoms with Crippen LogP contribution in [0, 0.1) is 5.82 Å². The Balaban J connectivity index is 1.29. The SMILES string of the molecule is O=C1CCC(N2C(=O)c3cc(F)cc(SCCCCCCC(=O)N4CCCCC4)c3C2=O)C(=O)N1. The Morgan fingerprint density at radius 1 is 1.00 bits per heavy atom. The molecule has 10 heteroatoms. The van der Waals surface area contributed by atoms with E-state index in [1.54, 1.807) is 0 Å². The Kier molecular flexibility index (Phi) is 8.20. The summed E-state index contributed by atoms with van der Waals surface area (Å²) in [6, 6.07) is 1.21. The van der Waals surface area contributed by atoms with Crippen molar-refractivity contribution in [3.63, 3.8) is 0 Å². The zero-order chi connectivity index (χ0) is 24.9. The number of amides is 5. The molecular formula is C25H30FN3O5S. The lowest BCUT2D eigenvalue weighted by atomic mass is 10.0. The third-order valence-electron chi connectivity index (χ3n) is 6.72. The number of benzene rings is 1. The molecule has 8 nitrogen and oxygen atoms in total. The summed E-state index contributed by atoms with van der Waals surface area (Å²) in [5.74, 6) is -2.22. The number of imide groups is 2. The number of nitrogens with zero attached hydrogens (tertiary/aromatic N) is 2. The van der Waals surface area contributed by atoms with E-state index in [0.717, 1.165) is 62.6 Å². The van der Waals surface area contributed by atoms with Gasteiger partial charge in [-0.15, -0.1) is 11.8 Å². The van der Waals surface area contributed by atoms with Gasteiger partial charge in [0.15, 0.2) is 0 Å². The molecule has 1 aromatic carbocycles. The molecule has 5 amide bonds. The fourth-order valence-corrected chi connectivity index (χ4v) is 5.96. The molecule has 35 heavy (non-hydrogen) atoms. The van der Waals surface area contributed by atoms with Gasteiger partial charge in [-0.3, -0.25) is 34.2 Å². The van der Waals surface area contributed by atoms with Crippen molar-refractivity contribution in [1.82, 2.24) is 15.1 Å². The lowest BCUT2D eigenvalue weighted by molar-refractivity contribution is -0.136. The number of fused-ring (bicyclic) bond motifs is 1. The van der Waals surface area contributed by atoms with Gasteiger partial charge in [0, 0.05) is 30.8 Å². The van der Waals surface area contributed by atoms with Crippen LogP contribution in [-0.2, 0) is 14.4 Å². The van der Waals surface area contributed by atoms with Crippen LogP contribution in [0.15, 0.2) is 17.0 Å². The van der Waals surface area contributed by atoms with Crippen LogP contribution < -0.4 is 5.32 Å². The third kappa shape index (κ3) is 5.74. The Morgan fingerprint density at radius 2 is 1.74 bits per heavy atom. The standard InChI is InChI=1S/C25H30FN3O5S/c26-16-14-17-22(25(34)29(24(17)33)18-9-10-20(30)27-23(18)32)19(15-16)35-13-7-2-1-4-8-21(31)28-11-5-3-6-12-28/h14-15,18H,1-13H2,(H,27,30,32). The highest BCUT2D eigenvalue weighted by Crippen LogP contribution is 2.35. The molecule has 188 valence electrons. The fraction of sp³-hybridized carbons (Fsp3) is 0.560. The maximum Gasteiger partial charge on any atom is 0.263 e. The first kappa shape index (κ1) is 25.3. The zero-order valence-electron chi connectivity index (χ0n) is 19.6.